The minimum atomic E-state index is -0.610. The summed E-state index contributed by atoms with van der Waals surface area (Å²) in [7, 11) is 1.51. The predicted octanol–water partition coefficient (Wildman–Crippen LogP) is 3.95. The smallest absolute Gasteiger partial charge is 0.331 e. The number of ether oxygens (including phenoxy) is 3. The fourth-order valence-electron chi connectivity index (χ4n) is 2.74. The Morgan fingerprint density at radius 2 is 1.81 bits per heavy atom. The van der Waals surface area contributed by atoms with Gasteiger partial charge in [0.15, 0.2) is 18.1 Å². The van der Waals surface area contributed by atoms with Gasteiger partial charge in [-0.1, -0.05) is 11.6 Å². The van der Waals surface area contributed by atoms with E-state index in [1.165, 1.54) is 13.2 Å². The molecule has 1 rings (SSSR count). The van der Waals surface area contributed by atoms with Gasteiger partial charge in [-0.25, -0.2) is 4.79 Å². The SMILES string of the molecule is CCOc1cc(/C=C/C(=O)OCC(=O)N(C(C)C)C(C)C)cc(Cl)c1OC. The first-order valence-electron chi connectivity index (χ1n) is 8.87. The second-order valence-electron chi connectivity index (χ2n) is 6.40. The molecule has 0 fully saturated rings. The topological polar surface area (TPSA) is 65.1 Å². The molecule has 0 N–H and O–H groups in total. The molecule has 0 bridgehead atoms. The molecular weight excluding hydrogens is 370 g/mol. The number of amides is 1. The quantitative estimate of drug-likeness (QED) is 0.466. The van der Waals surface area contributed by atoms with E-state index in [1.54, 1.807) is 23.1 Å². The van der Waals surface area contributed by atoms with Gasteiger partial charge in [-0.15, -0.1) is 0 Å². The number of hydrogen-bond donors (Lipinski definition) is 0. The molecule has 150 valence electrons. The molecular formula is C20H28ClNO5. The average Bonchev–Trinajstić information content (AvgIpc) is 2.57. The maximum atomic E-state index is 12.2. The zero-order valence-electron chi connectivity index (χ0n) is 16.7. The monoisotopic (exact) mass is 397 g/mol. The average molecular weight is 398 g/mol. The van der Waals surface area contributed by atoms with E-state index in [0.29, 0.717) is 28.7 Å². The molecule has 0 aliphatic rings. The molecule has 1 aromatic rings. The number of benzene rings is 1. The lowest BCUT2D eigenvalue weighted by atomic mass is 10.2. The summed E-state index contributed by atoms with van der Waals surface area (Å²) in [5.41, 5.74) is 0.651. The van der Waals surface area contributed by atoms with Crippen LogP contribution in [0, 0.1) is 0 Å². The third kappa shape index (κ3) is 6.79. The van der Waals surface area contributed by atoms with Crippen molar-refractivity contribution < 1.29 is 23.8 Å². The molecule has 0 heterocycles. The lowest BCUT2D eigenvalue weighted by Gasteiger charge is -2.30. The molecule has 0 saturated carbocycles. The number of hydrogen-bond acceptors (Lipinski definition) is 5. The molecule has 0 aromatic heterocycles. The van der Waals surface area contributed by atoms with Crippen LogP contribution in [-0.2, 0) is 14.3 Å². The van der Waals surface area contributed by atoms with Gasteiger partial charge in [0.05, 0.1) is 18.7 Å². The Morgan fingerprint density at radius 1 is 1.19 bits per heavy atom. The zero-order chi connectivity index (χ0) is 20.6. The summed E-state index contributed by atoms with van der Waals surface area (Å²) >= 11 is 6.18. The van der Waals surface area contributed by atoms with Crippen LogP contribution in [-0.4, -0.2) is 49.2 Å². The van der Waals surface area contributed by atoms with Crippen molar-refractivity contribution >= 4 is 29.6 Å². The summed E-state index contributed by atoms with van der Waals surface area (Å²) in [4.78, 5) is 25.8. The normalized spacial score (nSPS) is 11.1. The van der Waals surface area contributed by atoms with Crippen LogP contribution in [0.5, 0.6) is 11.5 Å². The van der Waals surface area contributed by atoms with Crippen LogP contribution in [0.25, 0.3) is 6.08 Å². The first-order valence-corrected chi connectivity index (χ1v) is 9.25. The van der Waals surface area contributed by atoms with Gasteiger partial charge in [-0.05, 0) is 58.4 Å². The van der Waals surface area contributed by atoms with E-state index in [-0.39, 0.29) is 24.6 Å². The van der Waals surface area contributed by atoms with Gasteiger partial charge in [-0.3, -0.25) is 4.79 Å². The first-order chi connectivity index (χ1) is 12.7. The van der Waals surface area contributed by atoms with Crippen LogP contribution in [0.3, 0.4) is 0 Å². The molecule has 0 spiro atoms. The fraction of sp³-hybridized carbons (Fsp3) is 0.500. The van der Waals surface area contributed by atoms with Gasteiger partial charge in [-0.2, -0.15) is 0 Å². The van der Waals surface area contributed by atoms with Crippen LogP contribution in [0.15, 0.2) is 18.2 Å². The standard InChI is InChI=1S/C20H28ClNO5/c1-7-26-17-11-15(10-16(21)20(17)25-6)8-9-19(24)27-12-18(23)22(13(2)3)14(4)5/h8-11,13-14H,7,12H2,1-6H3/b9-8+. The molecule has 1 aromatic carbocycles. The Labute approximate surface area is 166 Å². The Bertz CT molecular complexity index is 677. The van der Waals surface area contributed by atoms with Crippen molar-refractivity contribution in [2.45, 2.75) is 46.7 Å². The van der Waals surface area contributed by atoms with Gasteiger partial charge in [0.1, 0.15) is 0 Å². The summed E-state index contributed by atoms with van der Waals surface area (Å²) in [5, 5.41) is 0.371. The number of methoxy groups -OCH3 is 1. The number of carbonyl (C=O) groups excluding carboxylic acids is 2. The third-order valence-electron chi connectivity index (χ3n) is 3.69. The van der Waals surface area contributed by atoms with Crippen LogP contribution < -0.4 is 9.47 Å². The Balaban J connectivity index is 2.77. The van der Waals surface area contributed by atoms with E-state index < -0.39 is 5.97 Å². The van der Waals surface area contributed by atoms with E-state index in [0.717, 1.165) is 0 Å². The highest BCUT2D eigenvalue weighted by molar-refractivity contribution is 6.32. The Kier molecular flexibility index (Phi) is 9.15. The van der Waals surface area contributed by atoms with Crippen LogP contribution in [0.4, 0.5) is 0 Å². The summed E-state index contributed by atoms with van der Waals surface area (Å²) in [5.74, 6) is 0.0834. The number of esters is 1. The van der Waals surface area contributed by atoms with Crippen molar-refractivity contribution in [1.82, 2.24) is 4.90 Å². The van der Waals surface area contributed by atoms with Gasteiger partial charge in [0, 0.05) is 18.2 Å². The zero-order valence-corrected chi connectivity index (χ0v) is 17.5. The highest BCUT2D eigenvalue weighted by atomic mass is 35.5. The lowest BCUT2D eigenvalue weighted by molar-refractivity contribution is -0.150. The molecule has 0 aliphatic carbocycles. The number of nitrogens with zero attached hydrogens (tertiary/aromatic N) is 1. The summed E-state index contributed by atoms with van der Waals surface area (Å²) in [6.45, 7) is 9.68. The summed E-state index contributed by atoms with van der Waals surface area (Å²) in [6.07, 6.45) is 2.79. The maximum absolute atomic E-state index is 12.2. The first kappa shape index (κ1) is 22.8. The van der Waals surface area contributed by atoms with Gasteiger partial charge in [0.25, 0.3) is 5.91 Å². The lowest BCUT2D eigenvalue weighted by Crippen LogP contribution is -2.44. The second-order valence-corrected chi connectivity index (χ2v) is 6.80. The fourth-order valence-corrected chi connectivity index (χ4v) is 3.03. The van der Waals surface area contributed by atoms with E-state index in [9.17, 15) is 9.59 Å². The minimum absolute atomic E-state index is 0.0326. The minimum Gasteiger partial charge on any atom is -0.491 e. The second kappa shape index (κ2) is 10.8. The van der Waals surface area contributed by atoms with Crippen molar-refractivity contribution in [1.29, 1.82) is 0 Å². The molecule has 0 saturated heterocycles. The Hall–Kier alpha value is -2.21. The van der Waals surface area contributed by atoms with Crippen molar-refractivity contribution in [2.75, 3.05) is 20.3 Å². The maximum Gasteiger partial charge on any atom is 0.331 e. The molecule has 27 heavy (non-hydrogen) atoms. The van der Waals surface area contributed by atoms with E-state index >= 15 is 0 Å². The highest BCUT2D eigenvalue weighted by Crippen LogP contribution is 2.36. The molecule has 0 aliphatic heterocycles. The number of halogens is 1. The van der Waals surface area contributed by atoms with E-state index in [4.69, 9.17) is 25.8 Å². The molecule has 0 atom stereocenters. The molecule has 0 unspecified atom stereocenters. The molecule has 7 heteroatoms. The predicted molar refractivity (Wildman–Crippen MR) is 106 cm³/mol. The molecule has 1 amide bonds. The molecule has 0 radical (unpaired) electrons. The number of rotatable bonds is 9. The van der Waals surface area contributed by atoms with Crippen LogP contribution >= 0.6 is 11.6 Å². The van der Waals surface area contributed by atoms with Gasteiger partial charge < -0.3 is 19.1 Å². The largest absolute Gasteiger partial charge is 0.491 e. The van der Waals surface area contributed by atoms with E-state index in [1.807, 2.05) is 34.6 Å². The van der Waals surface area contributed by atoms with E-state index in [2.05, 4.69) is 0 Å². The van der Waals surface area contributed by atoms with Crippen molar-refractivity contribution in [2.24, 2.45) is 0 Å². The van der Waals surface area contributed by atoms with Crippen LogP contribution in [0.1, 0.15) is 40.2 Å². The van der Waals surface area contributed by atoms with Gasteiger partial charge >= 0.3 is 5.97 Å². The highest BCUT2D eigenvalue weighted by Gasteiger charge is 2.20. The molecule has 6 nitrogen and oxygen atoms in total. The van der Waals surface area contributed by atoms with Crippen LogP contribution in [0.2, 0.25) is 5.02 Å². The van der Waals surface area contributed by atoms with Crippen molar-refractivity contribution in [3.05, 3.63) is 28.8 Å². The van der Waals surface area contributed by atoms with Crippen molar-refractivity contribution in [3.8, 4) is 11.5 Å². The van der Waals surface area contributed by atoms with Crippen molar-refractivity contribution in [3.63, 3.8) is 0 Å². The number of carbonyl (C=O) groups is 2. The Morgan fingerprint density at radius 3 is 2.33 bits per heavy atom. The summed E-state index contributed by atoms with van der Waals surface area (Å²) in [6, 6.07) is 3.43. The summed E-state index contributed by atoms with van der Waals surface area (Å²) < 4.78 is 15.8. The van der Waals surface area contributed by atoms with Gasteiger partial charge in [0.2, 0.25) is 0 Å². The third-order valence-corrected chi connectivity index (χ3v) is 3.97.